The van der Waals surface area contributed by atoms with E-state index in [0.717, 1.165) is 19.6 Å². The van der Waals surface area contributed by atoms with Crippen molar-refractivity contribution >= 4 is 5.78 Å². The lowest BCUT2D eigenvalue weighted by Gasteiger charge is -2.30. The van der Waals surface area contributed by atoms with E-state index in [1.807, 2.05) is 13.8 Å². The summed E-state index contributed by atoms with van der Waals surface area (Å²) >= 11 is 0. The van der Waals surface area contributed by atoms with Gasteiger partial charge in [0.05, 0.1) is 6.61 Å². The molecule has 1 atom stereocenters. The molecule has 1 fully saturated rings. The molecule has 0 radical (unpaired) electrons. The largest absolute Gasteiger partial charge is 0.381 e. The average molecular weight is 184 g/mol. The molecule has 2 nitrogen and oxygen atoms in total. The summed E-state index contributed by atoms with van der Waals surface area (Å²) in [6.07, 6.45) is 1.03. The van der Waals surface area contributed by atoms with Gasteiger partial charge >= 0.3 is 0 Å². The van der Waals surface area contributed by atoms with E-state index >= 15 is 0 Å². The smallest absolute Gasteiger partial charge is 0.141 e. The Morgan fingerprint density at radius 1 is 1.46 bits per heavy atom. The van der Waals surface area contributed by atoms with E-state index in [4.69, 9.17) is 4.74 Å². The van der Waals surface area contributed by atoms with E-state index < -0.39 is 0 Å². The molecule has 0 saturated carbocycles. The SMILES string of the molecule is CC(C)C(=O)C(C)(C)C1CCOC1. The van der Waals surface area contributed by atoms with E-state index in [1.165, 1.54) is 0 Å². The molecule has 0 N–H and O–H groups in total. The monoisotopic (exact) mass is 184 g/mol. The van der Waals surface area contributed by atoms with Gasteiger partial charge in [-0.15, -0.1) is 0 Å². The van der Waals surface area contributed by atoms with E-state index in [2.05, 4.69) is 13.8 Å². The molecule has 0 spiro atoms. The van der Waals surface area contributed by atoms with Crippen LogP contribution in [-0.4, -0.2) is 19.0 Å². The van der Waals surface area contributed by atoms with Crippen molar-refractivity contribution < 1.29 is 9.53 Å². The van der Waals surface area contributed by atoms with Crippen molar-refractivity contribution in [2.24, 2.45) is 17.3 Å². The Morgan fingerprint density at radius 2 is 2.08 bits per heavy atom. The van der Waals surface area contributed by atoms with Gasteiger partial charge in [-0.3, -0.25) is 4.79 Å². The first-order chi connectivity index (χ1) is 5.96. The number of ketones is 1. The first-order valence-corrected chi connectivity index (χ1v) is 5.08. The summed E-state index contributed by atoms with van der Waals surface area (Å²) in [7, 11) is 0. The third kappa shape index (κ3) is 2.11. The lowest BCUT2D eigenvalue weighted by molar-refractivity contribution is -0.133. The predicted molar refractivity (Wildman–Crippen MR) is 52.6 cm³/mol. The van der Waals surface area contributed by atoms with Gasteiger partial charge < -0.3 is 4.74 Å². The lowest BCUT2D eigenvalue weighted by Crippen LogP contribution is -2.36. The minimum atomic E-state index is -0.204. The molecule has 1 saturated heterocycles. The number of hydrogen-bond donors (Lipinski definition) is 0. The number of ether oxygens (including phenoxy) is 1. The highest BCUT2D eigenvalue weighted by Gasteiger charge is 2.39. The molecule has 1 rings (SSSR count). The molecular formula is C11H20O2. The number of hydrogen-bond acceptors (Lipinski definition) is 2. The van der Waals surface area contributed by atoms with Crippen LogP contribution in [0.5, 0.6) is 0 Å². The second kappa shape index (κ2) is 3.79. The molecule has 0 amide bonds. The van der Waals surface area contributed by atoms with Crippen molar-refractivity contribution in [1.29, 1.82) is 0 Å². The van der Waals surface area contributed by atoms with Gasteiger partial charge in [0.15, 0.2) is 0 Å². The molecule has 1 aliphatic rings. The Labute approximate surface area is 80.7 Å². The van der Waals surface area contributed by atoms with Gasteiger partial charge in [-0.25, -0.2) is 0 Å². The Bertz CT molecular complexity index is 188. The van der Waals surface area contributed by atoms with Crippen molar-refractivity contribution in [3.63, 3.8) is 0 Å². The van der Waals surface area contributed by atoms with Gasteiger partial charge in [-0.05, 0) is 12.3 Å². The van der Waals surface area contributed by atoms with Crippen LogP contribution in [0.4, 0.5) is 0 Å². The van der Waals surface area contributed by atoms with Gasteiger partial charge in [0, 0.05) is 17.9 Å². The van der Waals surface area contributed by atoms with Crippen molar-refractivity contribution in [3.05, 3.63) is 0 Å². The highest BCUT2D eigenvalue weighted by Crippen LogP contribution is 2.35. The zero-order valence-electron chi connectivity index (χ0n) is 9.09. The van der Waals surface area contributed by atoms with Gasteiger partial charge in [-0.2, -0.15) is 0 Å². The molecule has 2 heteroatoms. The minimum Gasteiger partial charge on any atom is -0.381 e. The molecule has 1 heterocycles. The molecule has 13 heavy (non-hydrogen) atoms. The van der Waals surface area contributed by atoms with E-state index in [-0.39, 0.29) is 11.3 Å². The molecule has 0 aromatic rings. The minimum absolute atomic E-state index is 0.135. The molecular weight excluding hydrogens is 164 g/mol. The van der Waals surface area contributed by atoms with Gasteiger partial charge in [0.25, 0.3) is 0 Å². The van der Waals surface area contributed by atoms with E-state index in [0.29, 0.717) is 11.7 Å². The van der Waals surface area contributed by atoms with Crippen molar-refractivity contribution in [2.45, 2.75) is 34.1 Å². The quantitative estimate of drug-likeness (QED) is 0.672. The zero-order valence-corrected chi connectivity index (χ0v) is 9.09. The number of carbonyl (C=O) groups excluding carboxylic acids is 1. The maximum absolute atomic E-state index is 11.9. The summed E-state index contributed by atoms with van der Waals surface area (Å²) in [5, 5.41) is 0. The fraction of sp³-hybridized carbons (Fsp3) is 0.909. The van der Waals surface area contributed by atoms with E-state index in [9.17, 15) is 4.79 Å². The van der Waals surface area contributed by atoms with E-state index in [1.54, 1.807) is 0 Å². The summed E-state index contributed by atoms with van der Waals surface area (Å²) in [5.74, 6) is 0.918. The second-order valence-electron chi connectivity index (χ2n) is 4.80. The third-order valence-corrected chi connectivity index (χ3v) is 3.11. The van der Waals surface area contributed by atoms with Crippen molar-refractivity contribution in [3.8, 4) is 0 Å². The Kier molecular flexibility index (Phi) is 3.12. The molecule has 1 unspecified atom stereocenters. The van der Waals surface area contributed by atoms with Crippen LogP contribution >= 0.6 is 0 Å². The molecule has 0 bridgehead atoms. The molecule has 1 aliphatic heterocycles. The van der Waals surface area contributed by atoms with Crippen LogP contribution in [0.15, 0.2) is 0 Å². The van der Waals surface area contributed by atoms with Gasteiger partial charge in [-0.1, -0.05) is 27.7 Å². The van der Waals surface area contributed by atoms with Crippen LogP contribution in [0, 0.1) is 17.3 Å². The topological polar surface area (TPSA) is 26.3 Å². The summed E-state index contributed by atoms with van der Waals surface area (Å²) < 4.78 is 5.32. The molecule has 0 aromatic carbocycles. The fourth-order valence-electron chi connectivity index (χ4n) is 2.05. The van der Waals surface area contributed by atoms with Crippen LogP contribution in [-0.2, 0) is 9.53 Å². The molecule has 0 aromatic heterocycles. The summed E-state index contributed by atoms with van der Waals surface area (Å²) in [5.41, 5.74) is -0.204. The fourth-order valence-corrected chi connectivity index (χ4v) is 2.05. The standard InChI is InChI=1S/C11H20O2/c1-8(2)10(12)11(3,4)9-5-6-13-7-9/h8-9H,5-7H2,1-4H3. The van der Waals surface area contributed by atoms with Gasteiger partial charge in [0.2, 0.25) is 0 Å². The lowest BCUT2D eigenvalue weighted by atomic mass is 9.72. The molecule has 0 aliphatic carbocycles. The Hall–Kier alpha value is -0.370. The average Bonchev–Trinajstić information content (AvgIpc) is 2.54. The number of Topliss-reactive ketones (excluding diaryl/α,β-unsaturated/α-hetero) is 1. The van der Waals surface area contributed by atoms with Crippen LogP contribution in [0.2, 0.25) is 0 Å². The third-order valence-electron chi connectivity index (χ3n) is 3.11. The Balaban J connectivity index is 2.68. The highest BCUT2D eigenvalue weighted by atomic mass is 16.5. The normalized spacial score (nSPS) is 23.9. The maximum atomic E-state index is 11.9. The highest BCUT2D eigenvalue weighted by molar-refractivity contribution is 5.86. The van der Waals surface area contributed by atoms with Crippen molar-refractivity contribution in [1.82, 2.24) is 0 Å². The maximum Gasteiger partial charge on any atom is 0.141 e. The molecule has 76 valence electrons. The number of rotatable bonds is 3. The first kappa shape index (κ1) is 10.7. The van der Waals surface area contributed by atoms with Crippen LogP contribution in [0.25, 0.3) is 0 Å². The predicted octanol–water partition coefficient (Wildman–Crippen LogP) is 2.27. The summed E-state index contributed by atoms with van der Waals surface area (Å²) in [6, 6.07) is 0. The van der Waals surface area contributed by atoms with Gasteiger partial charge in [0.1, 0.15) is 5.78 Å². The van der Waals surface area contributed by atoms with Crippen LogP contribution in [0.3, 0.4) is 0 Å². The van der Waals surface area contributed by atoms with Crippen LogP contribution < -0.4 is 0 Å². The van der Waals surface area contributed by atoms with Crippen molar-refractivity contribution in [2.75, 3.05) is 13.2 Å². The summed E-state index contributed by atoms with van der Waals surface area (Å²) in [6.45, 7) is 9.62. The first-order valence-electron chi connectivity index (χ1n) is 5.08. The zero-order chi connectivity index (χ0) is 10.1. The van der Waals surface area contributed by atoms with Crippen LogP contribution in [0.1, 0.15) is 34.1 Å². The second-order valence-corrected chi connectivity index (χ2v) is 4.80. The Morgan fingerprint density at radius 3 is 2.46 bits per heavy atom. The number of carbonyl (C=O) groups is 1. The summed E-state index contributed by atoms with van der Waals surface area (Å²) in [4.78, 5) is 11.9.